The molecule has 7 heteroatoms. The van der Waals surface area contributed by atoms with Gasteiger partial charge in [-0.25, -0.2) is 0 Å². The minimum Gasteiger partial charge on any atom is -0.493 e. The summed E-state index contributed by atoms with van der Waals surface area (Å²) in [7, 11) is 1.38. The number of alkyl halides is 2. The summed E-state index contributed by atoms with van der Waals surface area (Å²) < 4.78 is 33.8. The minimum absolute atomic E-state index is 0.0147. The van der Waals surface area contributed by atoms with Gasteiger partial charge in [-0.3, -0.25) is 4.79 Å². The van der Waals surface area contributed by atoms with Crippen LogP contribution in [0.15, 0.2) is 18.2 Å². The monoisotopic (exact) mass is 300 g/mol. The molecule has 1 aromatic carbocycles. The number of hydrogen-bond acceptors (Lipinski definition) is 4. The van der Waals surface area contributed by atoms with E-state index in [2.05, 4.69) is 10.1 Å². The molecule has 0 saturated heterocycles. The lowest BCUT2D eigenvalue weighted by Crippen LogP contribution is -2.43. The molecule has 0 heterocycles. The number of amides is 1. The Morgan fingerprint density at radius 2 is 2.14 bits per heavy atom. The van der Waals surface area contributed by atoms with E-state index in [0.717, 1.165) is 5.56 Å². The van der Waals surface area contributed by atoms with Gasteiger partial charge in [0, 0.05) is 6.54 Å². The molecule has 5 nitrogen and oxygen atoms in total. The van der Waals surface area contributed by atoms with Crippen LogP contribution in [-0.2, 0) is 11.2 Å². The van der Waals surface area contributed by atoms with Crippen molar-refractivity contribution in [2.24, 2.45) is 5.73 Å². The summed E-state index contributed by atoms with van der Waals surface area (Å²) in [5.41, 5.74) is 5.92. The maximum absolute atomic E-state index is 12.2. The van der Waals surface area contributed by atoms with Gasteiger partial charge in [-0.1, -0.05) is 6.07 Å². The molecule has 1 amide bonds. The van der Waals surface area contributed by atoms with Crippen LogP contribution in [0.3, 0.4) is 0 Å². The van der Waals surface area contributed by atoms with Gasteiger partial charge in [0.15, 0.2) is 11.5 Å². The number of carbonyl (C=O) groups is 1. The molecule has 0 atom stereocenters. The van der Waals surface area contributed by atoms with Crippen LogP contribution in [0.1, 0.15) is 18.4 Å². The lowest BCUT2D eigenvalue weighted by molar-refractivity contribution is -0.123. The number of nitrogens with two attached hydrogens (primary N) is 1. The highest BCUT2D eigenvalue weighted by Gasteiger charge is 2.45. The molecule has 0 spiro atoms. The van der Waals surface area contributed by atoms with Gasteiger partial charge in [-0.2, -0.15) is 8.78 Å². The smallest absolute Gasteiger partial charge is 0.387 e. The van der Waals surface area contributed by atoms with Gasteiger partial charge in [-0.05, 0) is 37.0 Å². The summed E-state index contributed by atoms with van der Waals surface area (Å²) in [5.74, 6) is 0.0721. The molecule has 116 valence electrons. The van der Waals surface area contributed by atoms with E-state index in [1.165, 1.54) is 13.2 Å². The van der Waals surface area contributed by atoms with Gasteiger partial charge in [0.05, 0.1) is 12.6 Å². The van der Waals surface area contributed by atoms with Gasteiger partial charge in [0.25, 0.3) is 0 Å². The van der Waals surface area contributed by atoms with Crippen molar-refractivity contribution in [1.82, 2.24) is 5.32 Å². The summed E-state index contributed by atoms with van der Waals surface area (Å²) in [6.07, 6.45) is 1.98. The maximum Gasteiger partial charge on any atom is 0.387 e. The molecule has 1 aromatic rings. The second-order valence-electron chi connectivity index (χ2n) is 5.03. The molecule has 2 rings (SSSR count). The van der Waals surface area contributed by atoms with Crippen LogP contribution in [0.25, 0.3) is 0 Å². The first-order valence-corrected chi connectivity index (χ1v) is 6.63. The number of carbonyl (C=O) groups excluding carboxylic acids is 1. The highest BCUT2D eigenvalue weighted by atomic mass is 19.3. The molecule has 1 aliphatic rings. The SMILES string of the molecule is COc1cc(CCNC(=O)C2(N)CC2)ccc1OC(F)F. The number of nitrogens with one attached hydrogen (secondary N) is 1. The Labute approximate surface area is 121 Å². The zero-order valence-electron chi connectivity index (χ0n) is 11.7. The Morgan fingerprint density at radius 1 is 1.43 bits per heavy atom. The Balaban J connectivity index is 1.90. The van der Waals surface area contributed by atoms with Crippen LogP contribution in [0.4, 0.5) is 8.78 Å². The largest absolute Gasteiger partial charge is 0.493 e. The van der Waals surface area contributed by atoms with Crippen molar-refractivity contribution in [3.05, 3.63) is 23.8 Å². The number of halogens is 2. The lowest BCUT2D eigenvalue weighted by Gasteiger charge is -2.12. The summed E-state index contributed by atoms with van der Waals surface area (Å²) in [4.78, 5) is 11.7. The molecular formula is C14H18F2N2O3. The Hall–Kier alpha value is -1.89. The first-order valence-electron chi connectivity index (χ1n) is 6.63. The van der Waals surface area contributed by atoms with Crippen molar-refractivity contribution >= 4 is 5.91 Å². The molecular weight excluding hydrogens is 282 g/mol. The summed E-state index contributed by atoms with van der Waals surface area (Å²) in [6, 6.07) is 4.69. The van der Waals surface area contributed by atoms with Gasteiger partial charge >= 0.3 is 6.61 Å². The summed E-state index contributed by atoms with van der Waals surface area (Å²) in [6.45, 7) is -2.47. The highest BCUT2D eigenvalue weighted by molar-refractivity contribution is 5.88. The van der Waals surface area contributed by atoms with E-state index < -0.39 is 12.2 Å². The molecule has 0 bridgehead atoms. The topological polar surface area (TPSA) is 73.6 Å². The third kappa shape index (κ3) is 4.04. The Morgan fingerprint density at radius 3 is 2.71 bits per heavy atom. The van der Waals surface area contributed by atoms with Crippen molar-refractivity contribution in [2.45, 2.75) is 31.4 Å². The fourth-order valence-corrected chi connectivity index (χ4v) is 1.92. The van der Waals surface area contributed by atoms with E-state index in [0.29, 0.717) is 25.8 Å². The summed E-state index contributed by atoms with van der Waals surface area (Å²) in [5, 5.41) is 2.76. The van der Waals surface area contributed by atoms with Crippen molar-refractivity contribution < 1.29 is 23.0 Å². The van der Waals surface area contributed by atoms with Crippen LogP contribution >= 0.6 is 0 Å². The van der Waals surface area contributed by atoms with E-state index in [-0.39, 0.29) is 17.4 Å². The predicted molar refractivity (Wildman–Crippen MR) is 72.5 cm³/mol. The fraction of sp³-hybridized carbons (Fsp3) is 0.500. The quantitative estimate of drug-likeness (QED) is 0.799. The van der Waals surface area contributed by atoms with Gasteiger partial charge < -0.3 is 20.5 Å². The molecule has 1 fully saturated rings. The molecule has 3 N–H and O–H groups in total. The fourth-order valence-electron chi connectivity index (χ4n) is 1.92. The highest BCUT2D eigenvalue weighted by Crippen LogP contribution is 2.32. The number of methoxy groups -OCH3 is 1. The Kier molecular flexibility index (Phi) is 4.62. The van der Waals surface area contributed by atoms with Gasteiger partial charge in [0.1, 0.15) is 0 Å². The maximum atomic E-state index is 12.2. The molecule has 0 aromatic heterocycles. The van der Waals surface area contributed by atoms with E-state index in [4.69, 9.17) is 10.5 Å². The van der Waals surface area contributed by atoms with Crippen LogP contribution in [-0.4, -0.2) is 31.7 Å². The average molecular weight is 300 g/mol. The standard InChI is InChI=1S/C14H18F2N2O3/c1-20-11-8-9(2-3-10(11)21-13(15)16)4-7-18-12(19)14(17)5-6-14/h2-3,8,13H,4-7,17H2,1H3,(H,18,19). The van der Waals surface area contributed by atoms with Crippen molar-refractivity contribution in [2.75, 3.05) is 13.7 Å². The van der Waals surface area contributed by atoms with Crippen molar-refractivity contribution in [3.63, 3.8) is 0 Å². The van der Waals surface area contributed by atoms with Crippen molar-refractivity contribution in [1.29, 1.82) is 0 Å². The number of ether oxygens (including phenoxy) is 2. The molecule has 0 aliphatic heterocycles. The number of benzene rings is 1. The Bertz CT molecular complexity index is 519. The minimum atomic E-state index is -2.90. The zero-order chi connectivity index (χ0) is 15.5. The zero-order valence-corrected chi connectivity index (χ0v) is 11.7. The number of rotatable bonds is 7. The van der Waals surface area contributed by atoms with Crippen LogP contribution < -0.4 is 20.5 Å². The molecule has 1 saturated carbocycles. The van der Waals surface area contributed by atoms with Gasteiger partial charge in [0.2, 0.25) is 5.91 Å². The van der Waals surface area contributed by atoms with Crippen LogP contribution in [0.5, 0.6) is 11.5 Å². The molecule has 0 unspecified atom stereocenters. The normalized spacial score (nSPS) is 15.7. The summed E-state index contributed by atoms with van der Waals surface area (Å²) >= 11 is 0. The third-order valence-electron chi connectivity index (χ3n) is 3.38. The number of hydrogen-bond donors (Lipinski definition) is 2. The van der Waals surface area contributed by atoms with E-state index >= 15 is 0 Å². The van der Waals surface area contributed by atoms with Crippen molar-refractivity contribution in [3.8, 4) is 11.5 Å². The first kappa shape index (κ1) is 15.5. The first-order chi connectivity index (χ1) is 9.94. The second-order valence-corrected chi connectivity index (χ2v) is 5.03. The van der Waals surface area contributed by atoms with E-state index in [9.17, 15) is 13.6 Å². The van der Waals surface area contributed by atoms with Crippen LogP contribution in [0, 0.1) is 0 Å². The molecule has 21 heavy (non-hydrogen) atoms. The van der Waals surface area contributed by atoms with E-state index in [1.54, 1.807) is 12.1 Å². The van der Waals surface area contributed by atoms with Gasteiger partial charge in [-0.15, -0.1) is 0 Å². The third-order valence-corrected chi connectivity index (χ3v) is 3.38. The molecule has 1 aliphatic carbocycles. The lowest BCUT2D eigenvalue weighted by atomic mass is 10.1. The predicted octanol–water partition coefficient (Wildman–Crippen LogP) is 1.45. The molecule has 0 radical (unpaired) electrons. The van der Waals surface area contributed by atoms with E-state index in [1.807, 2.05) is 0 Å². The van der Waals surface area contributed by atoms with Crippen LogP contribution in [0.2, 0.25) is 0 Å². The second kappa shape index (κ2) is 6.26. The average Bonchev–Trinajstić information content (AvgIpc) is 3.19.